The van der Waals surface area contributed by atoms with Crippen molar-refractivity contribution >= 4 is 14.3 Å². The Balaban J connectivity index is 4.74. The normalized spacial score (nSPS) is 15.6. The molecule has 4 nitrogen and oxygen atoms in total. The first-order chi connectivity index (χ1) is 9.56. The van der Waals surface area contributed by atoms with Crippen molar-refractivity contribution in [2.75, 3.05) is 6.61 Å². The fraction of sp³-hybridized carbons (Fsp3) is 0.938. The summed E-state index contributed by atoms with van der Waals surface area (Å²) in [4.78, 5) is 17.6. The molecule has 2 atom stereocenters. The monoisotopic (exact) mass is 318 g/mol. The van der Waals surface area contributed by atoms with Gasteiger partial charge in [0.2, 0.25) is 8.32 Å². The fourth-order valence-corrected chi connectivity index (χ4v) is 2.13. The number of esters is 1. The Morgan fingerprint density at radius 3 is 2.19 bits per heavy atom. The van der Waals surface area contributed by atoms with Crippen LogP contribution in [0, 0.1) is 5.92 Å². The second kappa shape index (κ2) is 8.91. The lowest BCUT2D eigenvalue weighted by Crippen LogP contribution is -2.43. The van der Waals surface area contributed by atoms with Gasteiger partial charge in [-0.3, -0.25) is 9.37 Å². The number of carbonyl (C=O) groups excluding carboxylic acids is 1. The summed E-state index contributed by atoms with van der Waals surface area (Å²) in [5.74, 6) is -0.515. The second-order valence-corrected chi connectivity index (χ2v) is 11.8. The summed E-state index contributed by atoms with van der Waals surface area (Å²) in [5.41, 5.74) is 0. The summed E-state index contributed by atoms with van der Waals surface area (Å²) >= 11 is 0. The van der Waals surface area contributed by atoms with Crippen molar-refractivity contribution in [2.45, 2.75) is 85.0 Å². The van der Waals surface area contributed by atoms with Gasteiger partial charge in [0.05, 0.1) is 12.5 Å². The third-order valence-corrected chi connectivity index (χ3v) is 8.37. The topological polar surface area (TPSA) is 44.8 Å². The van der Waals surface area contributed by atoms with E-state index in [1.54, 1.807) is 0 Å². The van der Waals surface area contributed by atoms with Crippen LogP contribution in [0.3, 0.4) is 0 Å². The van der Waals surface area contributed by atoms with Gasteiger partial charge < -0.3 is 4.74 Å². The lowest BCUT2D eigenvalue weighted by molar-refractivity contribution is -0.271. The minimum atomic E-state index is -1.98. The van der Waals surface area contributed by atoms with E-state index in [-0.39, 0.29) is 23.0 Å². The molecule has 0 aliphatic heterocycles. The summed E-state index contributed by atoms with van der Waals surface area (Å²) < 4.78 is 10.9. The Morgan fingerprint density at radius 1 is 1.19 bits per heavy atom. The number of hydrogen-bond acceptors (Lipinski definition) is 4. The highest BCUT2D eigenvalue weighted by Crippen LogP contribution is 2.37. The molecular formula is C16H34O4Si. The average molecular weight is 319 g/mol. The predicted molar refractivity (Wildman–Crippen MR) is 88.5 cm³/mol. The van der Waals surface area contributed by atoms with Crippen molar-refractivity contribution in [1.29, 1.82) is 0 Å². The molecule has 0 aliphatic rings. The van der Waals surface area contributed by atoms with Crippen molar-refractivity contribution in [3.8, 4) is 0 Å². The minimum absolute atomic E-state index is 0.0788. The van der Waals surface area contributed by atoms with Crippen molar-refractivity contribution in [3.63, 3.8) is 0 Å². The highest BCUT2D eigenvalue weighted by atomic mass is 28.4. The van der Waals surface area contributed by atoms with Crippen LogP contribution in [0.1, 0.15) is 60.8 Å². The molecule has 0 N–H and O–H groups in total. The van der Waals surface area contributed by atoms with Crippen LogP contribution < -0.4 is 0 Å². The molecule has 0 aromatic heterocycles. The van der Waals surface area contributed by atoms with Gasteiger partial charge in [-0.15, -0.1) is 0 Å². The lowest BCUT2D eigenvalue weighted by atomic mass is 10.00. The molecule has 0 saturated heterocycles. The van der Waals surface area contributed by atoms with E-state index >= 15 is 0 Å². The van der Waals surface area contributed by atoms with Crippen LogP contribution in [0.2, 0.25) is 18.1 Å². The second-order valence-electron chi connectivity index (χ2n) is 7.16. The van der Waals surface area contributed by atoms with E-state index in [0.29, 0.717) is 6.61 Å². The standard InChI is InChI=1S/C16H34O4Si/c1-9-11-12-14(13(3)15(17)18-10-2)19-20-21(7,8)16(4,5)6/h13-14H,9-12H2,1-8H3/t13-,14-/m0/s1. The zero-order valence-electron chi connectivity index (χ0n) is 15.1. The highest BCUT2D eigenvalue weighted by Gasteiger charge is 2.40. The quantitative estimate of drug-likeness (QED) is 0.267. The lowest BCUT2D eigenvalue weighted by Gasteiger charge is -2.36. The van der Waals surface area contributed by atoms with Crippen LogP contribution >= 0.6 is 0 Å². The van der Waals surface area contributed by atoms with E-state index in [0.717, 1.165) is 19.3 Å². The van der Waals surface area contributed by atoms with Gasteiger partial charge in [0, 0.05) is 0 Å². The molecule has 126 valence electrons. The largest absolute Gasteiger partial charge is 0.466 e. The van der Waals surface area contributed by atoms with Crippen LogP contribution in [0.5, 0.6) is 0 Å². The Morgan fingerprint density at radius 2 is 1.76 bits per heavy atom. The summed E-state index contributed by atoms with van der Waals surface area (Å²) in [7, 11) is -1.98. The van der Waals surface area contributed by atoms with E-state index < -0.39 is 8.32 Å². The van der Waals surface area contributed by atoms with E-state index in [1.165, 1.54) is 0 Å². The Labute approximate surface area is 131 Å². The van der Waals surface area contributed by atoms with Gasteiger partial charge in [0.25, 0.3) is 0 Å². The highest BCUT2D eigenvalue weighted by molar-refractivity contribution is 6.73. The molecule has 5 heteroatoms. The zero-order chi connectivity index (χ0) is 16.7. The molecular weight excluding hydrogens is 284 g/mol. The van der Waals surface area contributed by atoms with Gasteiger partial charge in [0.1, 0.15) is 6.10 Å². The summed E-state index contributed by atoms with van der Waals surface area (Å²) in [6, 6.07) is 0. The zero-order valence-corrected chi connectivity index (χ0v) is 16.1. The summed E-state index contributed by atoms with van der Waals surface area (Å²) in [6.45, 7) is 17.0. The van der Waals surface area contributed by atoms with Crippen LogP contribution in [0.25, 0.3) is 0 Å². The third kappa shape index (κ3) is 6.93. The van der Waals surface area contributed by atoms with Crippen LogP contribution in [0.4, 0.5) is 0 Å². The number of unbranched alkanes of at least 4 members (excludes halogenated alkanes) is 1. The number of hydrogen-bond donors (Lipinski definition) is 0. The summed E-state index contributed by atoms with van der Waals surface area (Å²) in [6.07, 6.45) is 2.65. The van der Waals surface area contributed by atoms with E-state index in [9.17, 15) is 4.79 Å². The molecule has 0 aromatic carbocycles. The molecule has 0 bridgehead atoms. The molecule has 0 saturated carbocycles. The maximum Gasteiger partial charge on any atom is 0.311 e. The van der Waals surface area contributed by atoms with Crippen molar-refractivity contribution in [2.24, 2.45) is 5.92 Å². The first kappa shape index (κ1) is 20.6. The number of rotatable bonds is 9. The van der Waals surface area contributed by atoms with Crippen molar-refractivity contribution < 1.29 is 19.0 Å². The Hall–Kier alpha value is -0.393. The van der Waals surface area contributed by atoms with Crippen LogP contribution in [-0.4, -0.2) is 27.0 Å². The SMILES string of the molecule is CCCC[C@H](OO[Si](C)(C)C(C)(C)C)[C@H](C)C(=O)OCC. The van der Waals surface area contributed by atoms with Gasteiger partial charge in [-0.25, -0.2) is 4.89 Å². The van der Waals surface area contributed by atoms with Gasteiger partial charge in [-0.1, -0.05) is 40.5 Å². The van der Waals surface area contributed by atoms with E-state index in [2.05, 4.69) is 40.8 Å². The van der Waals surface area contributed by atoms with Crippen LogP contribution in [0.15, 0.2) is 0 Å². The smallest absolute Gasteiger partial charge is 0.311 e. The van der Waals surface area contributed by atoms with Gasteiger partial charge in [0.15, 0.2) is 0 Å². The molecule has 0 fully saturated rings. The van der Waals surface area contributed by atoms with Crippen LogP contribution in [-0.2, 0) is 19.0 Å². The van der Waals surface area contributed by atoms with E-state index in [1.807, 2.05) is 13.8 Å². The molecule has 0 radical (unpaired) electrons. The molecule has 0 spiro atoms. The Bertz CT molecular complexity index is 310. The Kier molecular flexibility index (Phi) is 8.74. The minimum Gasteiger partial charge on any atom is -0.466 e. The van der Waals surface area contributed by atoms with E-state index in [4.69, 9.17) is 14.2 Å². The maximum atomic E-state index is 11.9. The molecule has 0 unspecified atom stereocenters. The molecule has 0 heterocycles. The van der Waals surface area contributed by atoms with Crippen molar-refractivity contribution in [3.05, 3.63) is 0 Å². The first-order valence-electron chi connectivity index (χ1n) is 8.08. The molecule has 0 amide bonds. The molecule has 0 aromatic rings. The maximum absolute atomic E-state index is 11.9. The fourth-order valence-electron chi connectivity index (χ4n) is 1.52. The summed E-state index contributed by atoms with van der Waals surface area (Å²) in [5, 5.41) is 0.0788. The van der Waals surface area contributed by atoms with Gasteiger partial charge in [-0.05, 0) is 38.4 Å². The molecule has 21 heavy (non-hydrogen) atoms. The van der Waals surface area contributed by atoms with Crippen molar-refractivity contribution in [1.82, 2.24) is 0 Å². The average Bonchev–Trinajstić information content (AvgIpc) is 2.37. The first-order valence-corrected chi connectivity index (χ1v) is 11.0. The molecule has 0 rings (SSSR count). The van der Waals surface area contributed by atoms with Gasteiger partial charge in [-0.2, -0.15) is 0 Å². The number of ether oxygens (including phenoxy) is 1. The predicted octanol–water partition coefficient (Wildman–Crippen LogP) is 4.70. The van der Waals surface area contributed by atoms with Gasteiger partial charge >= 0.3 is 5.97 Å². The number of carbonyl (C=O) groups is 1. The molecule has 0 aliphatic carbocycles. The third-order valence-electron chi connectivity index (χ3n) is 4.24.